The third-order valence-corrected chi connectivity index (χ3v) is 2.31. The SMILES string of the molecule is CC(c1cccc(Br)c1)C(O)O. The van der Waals surface area contributed by atoms with Gasteiger partial charge in [-0.15, -0.1) is 0 Å². The highest BCUT2D eigenvalue weighted by Gasteiger charge is 2.12. The van der Waals surface area contributed by atoms with E-state index in [1.807, 2.05) is 24.3 Å². The summed E-state index contributed by atoms with van der Waals surface area (Å²) in [5.74, 6) is -0.248. The van der Waals surface area contributed by atoms with Crippen molar-refractivity contribution in [3.63, 3.8) is 0 Å². The minimum absolute atomic E-state index is 0.248. The second-order valence-electron chi connectivity index (χ2n) is 2.76. The molecule has 12 heavy (non-hydrogen) atoms. The molecule has 0 saturated carbocycles. The highest BCUT2D eigenvalue weighted by molar-refractivity contribution is 9.10. The Morgan fingerprint density at radius 2 is 2.00 bits per heavy atom. The molecule has 1 unspecified atom stereocenters. The van der Waals surface area contributed by atoms with Crippen molar-refractivity contribution >= 4 is 15.9 Å². The van der Waals surface area contributed by atoms with Gasteiger partial charge in [-0.25, -0.2) is 0 Å². The maximum absolute atomic E-state index is 8.91. The number of benzene rings is 1. The van der Waals surface area contributed by atoms with E-state index < -0.39 is 6.29 Å². The van der Waals surface area contributed by atoms with Crippen molar-refractivity contribution in [1.29, 1.82) is 0 Å². The molecular formula is C9H11BrO2. The summed E-state index contributed by atoms with van der Waals surface area (Å²) in [6, 6.07) is 7.53. The molecule has 0 spiro atoms. The van der Waals surface area contributed by atoms with E-state index in [-0.39, 0.29) is 5.92 Å². The Labute approximate surface area is 80.0 Å². The summed E-state index contributed by atoms with van der Waals surface area (Å²) in [6.45, 7) is 1.77. The van der Waals surface area contributed by atoms with Gasteiger partial charge in [-0.05, 0) is 17.7 Å². The fourth-order valence-electron chi connectivity index (χ4n) is 0.962. The van der Waals surface area contributed by atoms with E-state index in [1.165, 1.54) is 0 Å². The van der Waals surface area contributed by atoms with Crippen LogP contribution in [0.4, 0.5) is 0 Å². The largest absolute Gasteiger partial charge is 0.368 e. The Kier molecular flexibility index (Phi) is 3.26. The predicted octanol–water partition coefficient (Wildman–Crippen LogP) is 1.86. The fraction of sp³-hybridized carbons (Fsp3) is 0.333. The van der Waals surface area contributed by atoms with E-state index in [0.29, 0.717) is 0 Å². The summed E-state index contributed by atoms with van der Waals surface area (Å²) < 4.78 is 0.951. The van der Waals surface area contributed by atoms with Crippen molar-refractivity contribution in [2.45, 2.75) is 19.1 Å². The van der Waals surface area contributed by atoms with Crippen LogP contribution in [0.15, 0.2) is 28.7 Å². The van der Waals surface area contributed by atoms with Gasteiger partial charge in [0.2, 0.25) is 0 Å². The number of hydrogen-bond acceptors (Lipinski definition) is 2. The third kappa shape index (κ3) is 2.30. The Morgan fingerprint density at radius 3 is 2.50 bits per heavy atom. The molecule has 0 heterocycles. The number of hydrogen-bond donors (Lipinski definition) is 2. The molecule has 2 nitrogen and oxygen atoms in total. The van der Waals surface area contributed by atoms with Crippen molar-refractivity contribution in [2.24, 2.45) is 0 Å². The summed E-state index contributed by atoms with van der Waals surface area (Å²) >= 11 is 3.32. The van der Waals surface area contributed by atoms with Crippen molar-refractivity contribution in [3.05, 3.63) is 34.3 Å². The van der Waals surface area contributed by atoms with Gasteiger partial charge < -0.3 is 10.2 Å². The molecule has 1 atom stereocenters. The topological polar surface area (TPSA) is 40.5 Å². The lowest BCUT2D eigenvalue weighted by Gasteiger charge is -2.13. The average molecular weight is 231 g/mol. The minimum Gasteiger partial charge on any atom is -0.368 e. The molecule has 0 bridgehead atoms. The molecule has 0 aliphatic heterocycles. The summed E-state index contributed by atoms with van der Waals surface area (Å²) in [5, 5.41) is 17.8. The Bertz CT molecular complexity index is 260. The van der Waals surface area contributed by atoms with Crippen molar-refractivity contribution in [3.8, 4) is 0 Å². The summed E-state index contributed by atoms with van der Waals surface area (Å²) in [4.78, 5) is 0. The predicted molar refractivity (Wildman–Crippen MR) is 50.8 cm³/mol. The first-order chi connectivity index (χ1) is 5.61. The molecule has 3 heteroatoms. The van der Waals surface area contributed by atoms with Crippen LogP contribution in [0.3, 0.4) is 0 Å². The molecular weight excluding hydrogens is 220 g/mol. The van der Waals surface area contributed by atoms with Gasteiger partial charge in [-0.2, -0.15) is 0 Å². The van der Waals surface area contributed by atoms with Crippen molar-refractivity contribution in [2.75, 3.05) is 0 Å². The van der Waals surface area contributed by atoms with Crippen LogP contribution < -0.4 is 0 Å². The number of aliphatic hydroxyl groups is 2. The van der Waals surface area contributed by atoms with Crippen LogP contribution in [0.2, 0.25) is 0 Å². The van der Waals surface area contributed by atoms with Crippen LogP contribution in [0.1, 0.15) is 18.4 Å². The molecule has 0 fully saturated rings. The Hall–Kier alpha value is -0.380. The maximum atomic E-state index is 8.91. The van der Waals surface area contributed by atoms with Gasteiger partial charge in [0.1, 0.15) is 0 Å². The lowest BCUT2D eigenvalue weighted by atomic mass is 10.0. The first kappa shape index (κ1) is 9.71. The highest BCUT2D eigenvalue weighted by Crippen LogP contribution is 2.21. The van der Waals surface area contributed by atoms with Gasteiger partial charge in [0, 0.05) is 10.4 Å². The third-order valence-electron chi connectivity index (χ3n) is 1.82. The Morgan fingerprint density at radius 1 is 1.33 bits per heavy atom. The molecule has 1 rings (SSSR count). The van der Waals surface area contributed by atoms with Crippen LogP contribution >= 0.6 is 15.9 Å². The van der Waals surface area contributed by atoms with E-state index in [9.17, 15) is 0 Å². The second-order valence-corrected chi connectivity index (χ2v) is 3.67. The van der Waals surface area contributed by atoms with Gasteiger partial charge in [0.25, 0.3) is 0 Å². The first-order valence-corrected chi connectivity index (χ1v) is 4.52. The van der Waals surface area contributed by atoms with E-state index in [0.717, 1.165) is 10.0 Å². The number of rotatable bonds is 2. The zero-order chi connectivity index (χ0) is 9.14. The molecule has 66 valence electrons. The molecule has 0 amide bonds. The van der Waals surface area contributed by atoms with E-state index >= 15 is 0 Å². The molecule has 0 saturated heterocycles. The minimum atomic E-state index is -1.29. The van der Waals surface area contributed by atoms with E-state index in [4.69, 9.17) is 10.2 Å². The van der Waals surface area contributed by atoms with Crippen LogP contribution in [0.25, 0.3) is 0 Å². The molecule has 0 aliphatic rings. The number of halogens is 1. The summed E-state index contributed by atoms with van der Waals surface area (Å²) in [7, 11) is 0. The first-order valence-electron chi connectivity index (χ1n) is 3.73. The smallest absolute Gasteiger partial charge is 0.158 e. The van der Waals surface area contributed by atoms with E-state index in [1.54, 1.807) is 6.92 Å². The quantitative estimate of drug-likeness (QED) is 0.762. The standard InChI is InChI=1S/C9H11BrO2/c1-6(9(11)12)7-3-2-4-8(10)5-7/h2-6,9,11-12H,1H3. The van der Waals surface area contributed by atoms with Crippen LogP contribution in [0, 0.1) is 0 Å². The van der Waals surface area contributed by atoms with Gasteiger partial charge in [-0.1, -0.05) is 35.0 Å². The van der Waals surface area contributed by atoms with Crippen molar-refractivity contribution in [1.82, 2.24) is 0 Å². The zero-order valence-corrected chi connectivity index (χ0v) is 8.32. The molecule has 0 radical (unpaired) electrons. The van der Waals surface area contributed by atoms with Crippen LogP contribution in [-0.4, -0.2) is 16.5 Å². The molecule has 2 N–H and O–H groups in total. The monoisotopic (exact) mass is 230 g/mol. The molecule has 1 aromatic carbocycles. The average Bonchev–Trinajstić information content (AvgIpc) is 2.03. The summed E-state index contributed by atoms with van der Waals surface area (Å²) in [6.07, 6.45) is -1.29. The summed E-state index contributed by atoms with van der Waals surface area (Å²) in [5.41, 5.74) is 0.916. The normalized spacial score (nSPS) is 13.4. The fourth-order valence-corrected chi connectivity index (χ4v) is 1.38. The highest BCUT2D eigenvalue weighted by atomic mass is 79.9. The van der Waals surface area contributed by atoms with Gasteiger partial charge in [0.05, 0.1) is 0 Å². The van der Waals surface area contributed by atoms with Crippen LogP contribution in [-0.2, 0) is 0 Å². The Balaban J connectivity index is 2.88. The lowest BCUT2D eigenvalue weighted by molar-refractivity contribution is -0.0561. The molecule has 0 aromatic heterocycles. The van der Waals surface area contributed by atoms with Gasteiger partial charge in [-0.3, -0.25) is 0 Å². The molecule has 1 aromatic rings. The zero-order valence-electron chi connectivity index (χ0n) is 6.74. The molecule has 0 aliphatic carbocycles. The van der Waals surface area contributed by atoms with Crippen LogP contribution in [0.5, 0.6) is 0 Å². The van der Waals surface area contributed by atoms with E-state index in [2.05, 4.69) is 15.9 Å². The van der Waals surface area contributed by atoms with Crippen molar-refractivity contribution < 1.29 is 10.2 Å². The maximum Gasteiger partial charge on any atom is 0.158 e. The van der Waals surface area contributed by atoms with Gasteiger partial charge in [0.15, 0.2) is 6.29 Å². The lowest BCUT2D eigenvalue weighted by Crippen LogP contribution is -2.14. The second kappa shape index (κ2) is 4.03. The number of aliphatic hydroxyl groups excluding tert-OH is 1. The van der Waals surface area contributed by atoms with Gasteiger partial charge >= 0.3 is 0 Å².